The molecule has 0 unspecified atom stereocenters. The molecule has 63 heavy (non-hydrogen) atoms. The number of nitrogens with zero attached hydrogens (tertiary/aromatic N) is 1. The van der Waals surface area contributed by atoms with Crippen molar-refractivity contribution in [1.82, 2.24) is 0 Å². The maximum atomic E-state index is 2.43. The summed E-state index contributed by atoms with van der Waals surface area (Å²) in [6.07, 6.45) is 0. The molecule has 0 saturated heterocycles. The fraction of sp³-hybridized carbons (Fsp3) is 0. The van der Waals surface area contributed by atoms with E-state index in [4.69, 9.17) is 0 Å². The standard InChI is InChI=1S/C60H43NSSi/c1-6-18-44(19-7-1)45-32-38-49(39-33-45)61(58-31-17-30-57-56-29-16-28-55(59(56)62-60(57)58)48-20-8-2-9-21-48)50-40-34-46(35-41-50)47-36-42-54(43-37-47)63(51-22-10-3-11-23-51,52-24-12-4-13-25-52)53-26-14-5-15-27-53/h1-43H. The smallest absolute Gasteiger partial charge is 0.179 e. The third-order valence-electron chi connectivity index (χ3n) is 12.5. The first-order valence-electron chi connectivity index (χ1n) is 21.6. The Kier molecular flexibility index (Phi) is 10.2. The summed E-state index contributed by atoms with van der Waals surface area (Å²) in [5.74, 6) is 0. The lowest BCUT2D eigenvalue weighted by atomic mass is 10.0. The minimum absolute atomic E-state index is 1.11. The lowest BCUT2D eigenvalue weighted by molar-refractivity contribution is 1.30. The maximum Gasteiger partial charge on any atom is 0.179 e. The molecule has 0 spiro atoms. The molecule has 3 heteroatoms. The zero-order valence-corrected chi connectivity index (χ0v) is 36.5. The van der Waals surface area contributed by atoms with Crippen LogP contribution in [0.1, 0.15) is 0 Å². The molecule has 0 atom stereocenters. The van der Waals surface area contributed by atoms with Crippen LogP contribution in [0.25, 0.3) is 53.6 Å². The third-order valence-corrected chi connectivity index (χ3v) is 18.5. The monoisotopic (exact) mass is 837 g/mol. The van der Waals surface area contributed by atoms with Gasteiger partial charge in [-0.05, 0) is 84.5 Å². The Morgan fingerprint density at radius 1 is 0.270 bits per heavy atom. The molecule has 0 fully saturated rings. The molecule has 0 radical (unpaired) electrons. The van der Waals surface area contributed by atoms with Gasteiger partial charge in [-0.15, -0.1) is 11.3 Å². The first-order valence-corrected chi connectivity index (χ1v) is 24.4. The molecule has 0 amide bonds. The summed E-state index contributed by atoms with van der Waals surface area (Å²) >= 11 is 1.89. The van der Waals surface area contributed by atoms with Gasteiger partial charge in [0.2, 0.25) is 0 Å². The normalized spacial score (nSPS) is 11.5. The average Bonchev–Trinajstić information content (AvgIpc) is 3.76. The molecule has 0 aliphatic heterocycles. The van der Waals surface area contributed by atoms with Crippen LogP contribution in [0.4, 0.5) is 17.1 Å². The van der Waals surface area contributed by atoms with Gasteiger partial charge in [-0.2, -0.15) is 0 Å². The van der Waals surface area contributed by atoms with Gasteiger partial charge in [-0.25, -0.2) is 0 Å². The first-order chi connectivity index (χ1) is 31.3. The van der Waals surface area contributed by atoms with Gasteiger partial charge in [0.25, 0.3) is 0 Å². The highest BCUT2D eigenvalue weighted by Gasteiger charge is 2.41. The van der Waals surface area contributed by atoms with E-state index in [9.17, 15) is 0 Å². The van der Waals surface area contributed by atoms with E-state index in [0.717, 1.165) is 11.4 Å². The topological polar surface area (TPSA) is 3.24 Å². The Morgan fingerprint density at radius 3 is 1.11 bits per heavy atom. The van der Waals surface area contributed by atoms with Gasteiger partial charge in [0.05, 0.1) is 10.4 Å². The van der Waals surface area contributed by atoms with Crippen LogP contribution < -0.4 is 25.6 Å². The molecule has 0 aliphatic carbocycles. The van der Waals surface area contributed by atoms with Crippen molar-refractivity contribution in [2.24, 2.45) is 0 Å². The summed E-state index contributed by atoms with van der Waals surface area (Å²) in [5.41, 5.74) is 10.7. The SMILES string of the molecule is c1ccc(-c2ccc(N(c3ccc(-c4ccc([Si](c5ccccc5)(c5ccccc5)c5ccccc5)cc4)cc3)c3cccc4c3sc3c(-c5ccccc5)cccc34)cc2)cc1. The molecule has 0 N–H and O–H groups in total. The summed E-state index contributed by atoms with van der Waals surface area (Å²) in [6, 6.07) is 95.8. The van der Waals surface area contributed by atoms with Crippen molar-refractivity contribution >= 4 is 77.4 Å². The highest BCUT2D eigenvalue weighted by molar-refractivity contribution is 7.27. The van der Waals surface area contributed by atoms with Crippen molar-refractivity contribution < 1.29 is 0 Å². The Morgan fingerprint density at radius 2 is 0.635 bits per heavy atom. The maximum absolute atomic E-state index is 2.61. The van der Waals surface area contributed by atoms with E-state index in [2.05, 4.69) is 266 Å². The molecule has 0 saturated carbocycles. The van der Waals surface area contributed by atoms with Crippen LogP contribution in [-0.2, 0) is 0 Å². The lowest BCUT2D eigenvalue weighted by Crippen LogP contribution is -2.74. The number of anilines is 3. The number of rotatable bonds is 10. The zero-order chi connectivity index (χ0) is 42.0. The van der Waals surface area contributed by atoms with Crippen molar-refractivity contribution in [1.29, 1.82) is 0 Å². The van der Waals surface area contributed by atoms with Crippen molar-refractivity contribution in [3.8, 4) is 33.4 Å². The average molecular weight is 838 g/mol. The van der Waals surface area contributed by atoms with Crippen LogP contribution in [0.2, 0.25) is 0 Å². The highest BCUT2D eigenvalue weighted by Crippen LogP contribution is 2.47. The molecular formula is C60H43NSSi. The van der Waals surface area contributed by atoms with Crippen LogP contribution >= 0.6 is 11.3 Å². The predicted octanol–water partition coefficient (Wildman–Crippen LogP) is 13.9. The van der Waals surface area contributed by atoms with E-state index >= 15 is 0 Å². The second-order valence-corrected chi connectivity index (χ2v) is 20.9. The zero-order valence-electron chi connectivity index (χ0n) is 34.7. The van der Waals surface area contributed by atoms with Crippen molar-refractivity contribution in [2.45, 2.75) is 0 Å². The summed E-state index contributed by atoms with van der Waals surface area (Å²) < 4.78 is 2.58. The van der Waals surface area contributed by atoms with Crippen LogP contribution in [0, 0.1) is 0 Å². The minimum Gasteiger partial charge on any atom is -0.309 e. The molecule has 298 valence electrons. The van der Waals surface area contributed by atoms with Crippen molar-refractivity contribution in [3.05, 3.63) is 261 Å². The van der Waals surface area contributed by atoms with Gasteiger partial charge >= 0.3 is 0 Å². The molecule has 1 nitrogen and oxygen atoms in total. The Bertz CT molecular complexity index is 3180. The molecule has 10 aromatic carbocycles. The van der Waals surface area contributed by atoms with Crippen LogP contribution in [-0.4, -0.2) is 8.07 Å². The number of benzene rings is 10. The molecule has 11 rings (SSSR count). The van der Waals surface area contributed by atoms with E-state index in [1.807, 2.05) is 11.3 Å². The van der Waals surface area contributed by atoms with Gasteiger partial charge in [-0.1, -0.05) is 231 Å². The molecular weight excluding hydrogens is 795 g/mol. The van der Waals surface area contributed by atoms with Crippen molar-refractivity contribution in [2.75, 3.05) is 4.90 Å². The highest BCUT2D eigenvalue weighted by atomic mass is 32.1. The van der Waals surface area contributed by atoms with E-state index in [1.165, 1.54) is 80.0 Å². The second kappa shape index (κ2) is 16.7. The van der Waals surface area contributed by atoms with E-state index < -0.39 is 8.07 Å². The van der Waals surface area contributed by atoms with Gasteiger partial charge in [0, 0.05) is 26.8 Å². The molecule has 1 heterocycles. The van der Waals surface area contributed by atoms with Gasteiger partial charge < -0.3 is 4.90 Å². The quantitative estimate of drug-likeness (QED) is 0.0980. The predicted molar refractivity (Wildman–Crippen MR) is 274 cm³/mol. The number of hydrogen-bond donors (Lipinski definition) is 0. The number of hydrogen-bond acceptors (Lipinski definition) is 2. The fourth-order valence-electron chi connectivity index (χ4n) is 9.47. The molecule has 0 aliphatic rings. The van der Waals surface area contributed by atoms with E-state index in [1.54, 1.807) is 0 Å². The van der Waals surface area contributed by atoms with Crippen molar-refractivity contribution in [3.63, 3.8) is 0 Å². The third kappa shape index (κ3) is 6.98. The number of thiophene rings is 1. The molecule has 0 bridgehead atoms. The Labute approximate surface area is 374 Å². The van der Waals surface area contributed by atoms with Crippen LogP contribution in [0.15, 0.2) is 261 Å². The van der Waals surface area contributed by atoms with E-state index in [0.29, 0.717) is 0 Å². The minimum atomic E-state index is -2.61. The number of fused-ring (bicyclic) bond motifs is 3. The molecule has 1 aromatic heterocycles. The first kappa shape index (κ1) is 38.4. The largest absolute Gasteiger partial charge is 0.309 e. The van der Waals surface area contributed by atoms with Gasteiger partial charge in [0.15, 0.2) is 8.07 Å². The summed E-state index contributed by atoms with van der Waals surface area (Å²) in [5, 5.41) is 8.05. The van der Waals surface area contributed by atoms with Gasteiger partial charge in [-0.3, -0.25) is 0 Å². The van der Waals surface area contributed by atoms with Crippen LogP contribution in [0.5, 0.6) is 0 Å². The summed E-state index contributed by atoms with van der Waals surface area (Å²) in [7, 11) is -2.61. The molecule has 11 aromatic rings. The summed E-state index contributed by atoms with van der Waals surface area (Å²) in [6.45, 7) is 0. The van der Waals surface area contributed by atoms with Gasteiger partial charge in [0.1, 0.15) is 0 Å². The Hall–Kier alpha value is -7.56. The second-order valence-electron chi connectivity index (χ2n) is 16.0. The fourth-order valence-corrected chi connectivity index (χ4v) is 15.6. The summed E-state index contributed by atoms with van der Waals surface area (Å²) in [4.78, 5) is 2.43. The van der Waals surface area contributed by atoms with Crippen LogP contribution in [0.3, 0.4) is 0 Å². The Balaban J connectivity index is 1.01. The van der Waals surface area contributed by atoms with E-state index in [-0.39, 0.29) is 0 Å². The lowest BCUT2D eigenvalue weighted by Gasteiger charge is -2.34.